The molecular formula is C11H11N3. The van der Waals surface area contributed by atoms with Gasteiger partial charge in [-0.15, -0.1) is 0 Å². The summed E-state index contributed by atoms with van der Waals surface area (Å²) >= 11 is 0. The number of aromatic nitrogens is 2. The molecule has 0 aliphatic heterocycles. The van der Waals surface area contributed by atoms with Gasteiger partial charge < -0.3 is 5.73 Å². The van der Waals surface area contributed by atoms with Crippen LogP contribution in [-0.2, 0) is 0 Å². The molecule has 0 saturated carbocycles. The van der Waals surface area contributed by atoms with E-state index in [1.165, 1.54) is 0 Å². The van der Waals surface area contributed by atoms with Crippen LogP contribution in [-0.4, -0.2) is 9.97 Å². The van der Waals surface area contributed by atoms with Gasteiger partial charge in [0.1, 0.15) is 5.82 Å². The molecule has 0 spiro atoms. The Balaban J connectivity index is 2.55. The molecule has 1 aromatic carbocycles. The first-order chi connectivity index (χ1) is 6.77. The van der Waals surface area contributed by atoms with Gasteiger partial charge in [-0.3, -0.25) is 0 Å². The summed E-state index contributed by atoms with van der Waals surface area (Å²) in [6, 6.07) is 9.66. The maximum absolute atomic E-state index is 5.59. The predicted molar refractivity (Wildman–Crippen MR) is 56.6 cm³/mol. The largest absolute Gasteiger partial charge is 0.384 e. The summed E-state index contributed by atoms with van der Waals surface area (Å²) in [6.45, 7) is 2.03. The number of anilines is 1. The Bertz CT molecular complexity index is 452. The van der Waals surface area contributed by atoms with E-state index in [1.54, 1.807) is 12.3 Å². The molecule has 0 unspecified atom stereocenters. The van der Waals surface area contributed by atoms with Gasteiger partial charge in [-0.1, -0.05) is 24.3 Å². The molecule has 14 heavy (non-hydrogen) atoms. The summed E-state index contributed by atoms with van der Waals surface area (Å²) < 4.78 is 0. The Morgan fingerprint density at radius 2 is 1.93 bits per heavy atom. The fourth-order valence-corrected chi connectivity index (χ4v) is 1.33. The third-order valence-electron chi connectivity index (χ3n) is 2.06. The molecule has 2 N–H and O–H groups in total. The Hall–Kier alpha value is -1.90. The van der Waals surface area contributed by atoms with Crippen LogP contribution in [0.15, 0.2) is 36.5 Å². The molecule has 70 valence electrons. The molecule has 0 amide bonds. The fourth-order valence-electron chi connectivity index (χ4n) is 1.33. The molecule has 0 aliphatic rings. The van der Waals surface area contributed by atoms with E-state index in [4.69, 9.17) is 5.73 Å². The third kappa shape index (κ3) is 1.57. The zero-order chi connectivity index (χ0) is 9.97. The minimum absolute atomic E-state index is 0.498. The van der Waals surface area contributed by atoms with Crippen molar-refractivity contribution in [1.82, 2.24) is 9.97 Å². The zero-order valence-electron chi connectivity index (χ0n) is 7.94. The summed E-state index contributed by atoms with van der Waals surface area (Å²) in [5.41, 5.74) is 7.77. The first-order valence-electron chi connectivity index (χ1n) is 4.42. The standard InChI is InChI=1S/C11H11N3/c1-8-4-2-3-5-9(8)11-13-7-6-10(12)14-11/h2-7H,1H3,(H2,12,13,14). The minimum Gasteiger partial charge on any atom is -0.384 e. The van der Waals surface area contributed by atoms with Crippen LogP contribution in [0.1, 0.15) is 5.56 Å². The number of aryl methyl sites for hydroxylation is 1. The first-order valence-corrected chi connectivity index (χ1v) is 4.42. The number of rotatable bonds is 1. The van der Waals surface area contributed by atoms with Crippen LogP contribution in [0.4, 0.5) is 5.82 Å². The molecule has 2 aromatic rings. The molecule has 1 heterocycles. The van der Waals surface area contributed by atoms with E-state index in [1.807, 2.05) is 31.2 Å². The van der Waals surface area contributed by atoms with Crippen LogP contribution >= 0.6 is 0 Å². The minimum atomic E-state index is 0.498. The zero-order valence-corrected chi connectivity index (χ0v) is 7.94. The average molecular weight is 185 g/mol. The maximum Gasteiger partial charge on any atom is 0.161 e. The topological polar surface area (TPSA) is 51.8 Å². The lowest BCUT2D eigenvalue weighted by Crippen LogP contribution is -1.95. The molecule has 0 aliphatic carbocycles. The second-order valence-electron chi connectivity index (χ2n) is 3.12. The van der Waals surface area contributed by atoms with Crippen molar-refractivity contribution in [2.75, 3.05) is 5.73 Å². The van der Waals surface area contributed by atoms with Crippen molar-refractivity contribution in [3.8, 4) is 11.4 Å². The molecule has 0 atom stereocenters. The first kappa shape index (κ1) is 8.69. The van der Waals surface area contributed by atoms with Crippen molar-refractivity contribution in [3.63, 3.8) is 0 Å². The van der Waals surface area contributed by atoms with Crippen molar-refractivity contribution in [1.29, 1.82) is 0 Å². The van der Waals surface area contributed by atoms with Crippen LogP contribution in [0.3, 0.4) is 0 Å². The van der Waals surface area contributed by atoms with Gasteiger partial charge in [0.2, 0.25) is 0 Å². The van der Waals surface area contributed by atoms with Gasteiger partial charge in [-0.05, 0) is 18.6 Å². The lowest BCUT2D eigenvalue weighted by Gasteiger charge is -2.03. The molecule has 3 heteroatoms. The predicted octanol–water partition coefficient (Wildman–Crippen LogP) is 2.03. The molecule has 0 bridgehead atoms. The van der Waals surface area contributed by atoms with E-state index in [0.29, 0.717) is 11.6 Å². The van der Waals surface area contributed by atoms with Gasteiger partial charge in [-0.2, -0.15) is 0 Å². The van der Waals surface area contributed by atoms with Gasteiger partial charge in [0.15, 0.2) is 5.82 Å². The summed E-state index contributed by atoms with van der Waals surface area (Å²) in [6.07, 6.45) is 1.67. The number of nitrogens with zero attached hydrogens (tertiary/aromatic N) is 2. The molecular weight excluding hydrogens is 174 g/mol. The average Bonchev–Trinajstić information content (AvgIpc) is 2.18. The molecule has 0 radical (unpaired) electrons. The van der Waals surface area contributed by atoms with Crippen molar-refractivity contribution < 1.29 is 0 Å². The Morgan fingerprint density at radius 3 is 2.64 bits per heavy atom. The van der Waals surface area contributed by atoms with Gasteiger partial charge >= 0.3 is 0 Å². The molecule has 2 rings (SSSR count). The van der Waals surface area contributed by atoms with Gasteiger partial charge in [0.05, 0.1) is 0 Å². The maximum atomic E-state index is 5.59. The normalized spacial score (nSPS) is 10.1. The number of nitrogens with two attached hydrogens (primary N) is 1. The van der Waals surface area contributed by atoms with Crippen molar-refractivity contribution in [2.45, 2.75) is 6.92 Å². The van der Waals surface area contributed by atoms with Crippen molar-refractivity contribution in [3.05, 3.63) is 42.1 Å². The third-order valence-corrected chi connectivity index (χ3v) is 2.06. The highest BCUT2D eigenvalue weighted by molar-refractivity contribution is 5.60. The lowest BCUT2D eigenvalue weighted by atomic mass is 10.1. The number of hydrogen-bond acceptors (Lipinski definition) is 3. The summed E-state index contributed by atoms with van der Waals surface area (Å²) in [5.74, 6) is 1.18. The Morgan fingerprint density at radius 1 is 1.14 bits per heavy atom. The molecule has 0 fully saturated rings. The lowest BCUT2D eigenvalue weighted by molar-refractivity contribution is 1.18. The number of nitrogen functional groups attached to an aromatic ring is 1. The number of benzene rings is 1. The van der Waals surface area contributed by atoms with E-state index in [9.17, 15) is 0 Å². The molecule has 0 saturated heterocycles. The summed E-state index contributed by atoms with van der Waals surface area (Å²) in [5, 5.41) is 0. The highest BCUT2D eigenvalue weighted by atomic mass is 14.9. The smallest absolute Gasteiger partial charge is 0.161 e. The fraction of sp³-hybridized carbons (Fsp3) is 0.0909. The highest BCUT2D eigenvalue weighted by Gasteiger charge is 2.03. The monoisotopic (exact) mass is 185 g/mol. The van der Waals surface area contributed by atoms with E-state index in [-0.39, 0.29) is 0 Å². The van der Waals surface area contributed by atoms with Crippen molar-refractivity contribution >= 4 is 5.82 Å². The van der Waals surface area contributed by atoms with E-state index < -0.39 is 0 Å². The van der Waals surface area contributed by atoms with Crippen LogP contribution in [0, 0.1) is 6.92 Å². The van der Waals surface area contributed by atoms with Gasteiger partial charge in [0, 0.05) is 11.8 Å². The quantitative estimate of drug-likeness (QED) is 0.739. The van der Waals surface area contributed by atoms with Crippen LogP contribution in [0.5, 0.6) is 0 Å². The summed E-state index contributed by atoms with van der Waals surface area (Å²) in [7, 11) is 0. The van der Waals surface area contributed by atoms with Crippen LogP contribution in [0.2, 0.25) is 0 Å². The second kappa shape index (κ2) is 3.46. The molecule has 1 aromatic heterocycles. The van der Waals surface area contributed by atoms with Gasteiger partial charge in [-0.25, -0.2) is 9.97 Å². The number of hydrogen-bond donors (Lipinski definition) is 1. The van der Waals surface area contributed by atoms with Gasteiger partial charge in [0.25, 0.3) is 0 Å². The SMILES string of the molecule is Cc1ccccc1-c1nccc(N)n1. The van der Waals surface area contributed by atoms with E-state index >= 15 is 0 Å². The Kier molecular flexibility index (Phi) is 2.14. The molecule has 3 nitrogen and oxygen atoms in total. The Labute approximate surface area is 82.6 Å². The van der Waals surface area contributed by atoms with E-state index in [0.717, 1.165) is 11.1 Å². The van der Waals surface area contributed by atoms with Crippen LogP contribution < -0.4 is 5.73 Å². The second-order valence-corrected chi connectivity index (χ2v) is 3.12. The van der Waals surface area contributed by atoms with Crippen molar-refractivity contribution in [2.24, 2.45) is 0 Å². The van der Waals surface area contributed by atoms with Crippen LogP contribution in [0.25, 0.3) is 11.4 Å². The highest BCUT2D eigenvalue weighted by Crippen LogP contribution is 2.18. The van der Waals surface area contributed by atoms with E-state index in [2.05, 4.69) is 9.97 Å². The summed E-state index contributed by atoms with van der Waals surface area (Å²) in [4.78, 5) is 8.35.